The third-order valence-electron chi connectivity index (χ3n) is 1.13. The summed E-state index contributed by atoms with van der Waals surface area (Å²) in [6.07, 6.45) is 4.86. The first-order valence-electron chi connectivity index (χ1n) is 3.11. The van der Waals surface area contributed by atoms with E-state index in [9.17, 15) is 8.42 Å². The van der Waals surface area contributed by atoms with Crippen LogP contribution in [0, 0.1) is 19.3 Å². The number of aromatic nitrogens is 3. The van der Waals surface area contributed by atoms with E-state index in [0.717, 1.165) is 0 Å². The third-order valence-corrected chi connectivity index (χ3v) is 2.41. The lowest BCUT2D eigenvalue weighted by Gasteiger charge is -1.89. The highest BCUT2D eigenvalue weighted by Crippen LogP contribution is 2.02. The summed E-state index contributed by atoms with van der Waals surface area (Å²) in [7, 11) is -3.48. The SMILES string of the molecule is C#CCS(=O)(=O)c1n[nH]c(C)n1. The van der Waals surface area contributed by atoms with Crippen LogP contribution in [0.1, 0.15) is 5.82 Å². The van der Waals surface area contributed by atoms with Crippen molar-refractivity contribution in [3.8, 4) is 12.3 Å². The second-order valence-corrected chi connectivity index (χ2v) is 4.05. The molecule has 0 fully saturated rings. The Kier molecular flexibility index (Phi) is 2.15. The van der Waals surface area contributed by atoms with Crippen molar-refractivity contribution in [2.75, 3.05) is 5.75 Å². The van der Waals surface area contributed by atoms with Gasteiger partial charge in [-0.2, -0.15) is 0 Å². The quantitative estimate of drug-likeness (QED) is 0.631. The molecule has 1 N–H and O–H groups in total. The zero-order chi connectivity index (χ0) is 9.19. The summed E-state index contributed by atoms with van der Waals surface area (Å²) in [6.45, 7) is 1.61. The predicted octanol–water partition coefficient (Wildman–Crippen LogP) is -0.480. The molecule has 0 atom stereocenters. The van der Waals surface area contributed by atoms with Crippen molar-refractivity contribution in [2.24, 2.45) is 0 Å². The highest BCUT2D eigenvalue weighted by molar-refractivity contribution is 7.91. The standard InChI is InChI=1S/C6H7N3O2S/c1-3-4-12(10,11)6-7-5(2)8-9-6/h1H,4H2,2H3,(H,7,8,9). The van der Waals surface area contributed by atoms with Gasteiger partial charge < -0.3 is 0 Å². The van der Waals surface area contributed by atoms with Gasteiger partial charge in [-0.15, -0.1) is 11.5 Å². The van der Waals surface area contributed by atoms with Crippen molar-refractivity contribution < 1.29 is 8.42 Å². The summed E-state index contributed by atoms with van der Waals surface area (Å²) in [5, 5.41) is 5.67. The van der Waals surface area contributed by atoms with Gasteiger partial charge in [0.2, 0.25) is 9.84 Å². The van der Waals surface area contributed by atoms with E-state index < -0.39 is 9.84 Å². The fourth-order valence-corrected chi connectivity index (χ4v) is 1.44. The maximum atomic E-state index is 11.2. The zero-order valence-electron chi connectivity index (χ0n) is 6.40. The molecule has 1 rings (SSSR count). The number of aromatic amines is 1. The van der Waals surface area contributed by atoms with Crippen LogP contribution in [0.5, 0.6) is 0 Å². The Hall–Kier alpha value is -1.35. The number of rotatable bonds is 2. The summed E-state index contributed by atoms with van der Waals surface area (Å²) in [5.41, 5.74) is 0. The minimum absolute atomic E-state index is 0.238. The smallest absolute Gasteiger partial charge is 0.262 e. The second kappa shape index (κ2) is 2.95. The Labute approximate surface area is 70.1 Å². The van der Waals surface area contributed by atoms with Crippen LogP contribution in [0.15, 0.2) is 5.16 Å². The number of sulfone groups is 1. The van der Waals surface area contributed by atoms with Crippen LogP contribution in [0.4, 0.5) is 0 Å². The van der Waals surface area contributed by atoms with Gasteiger partial charge in [-0.25, -0.2) is 13.4 Å². The van der Waals surface area contributed by atoms with E-state index in [0.29, 0.717) is 5.82 Å². The van der Waals surface area contributed by atoms with E-state index in [4.69, 9.17) is 6.42 Å². The van der Waals surface area contributed by atoms with Gasteiger partial charge in [-0.1, -0.05) is 5.92 Å². The molecule has 1 aromatic heterocycles. The molecule has 0 bridgehead atoms. The third kappa shape index (κ3) is 1.62. The molecule has 0 spiro atoms. The van der Waals surface area contributed by atoms with Gasteiger partial charge in [-0.3, -0.25) is 5.10 Å². The summed E-state index contributed by atoms with van der Waals surface area (Å²) in [6, 6.07) is 0. The monoisotopic (exact) mass is 185 g/mol. The molecule has 64 valence electrons. The fraction of sp³-hybridized carbons (Fsp3) is 0.333. The molecule has 6 heteroatoms. The van der Waals surface area contributed by atoms with Gasteiger partial charge in [-0.05, 0) is 6.92 Å². The second-order valence-electron chi connectivity index (χ2n) is 2.17. The highest BCUT2D eigenvalue weighted by Gasteiger charge is 2.17. The summed E-state index contributed by atoms with van der Waals surface area (Å²) in [4.78, 5) is 3.65. The Balaban J connectivity index is 3.08. The van der Waals surface area contributed by atoms with E-state index >= 15 is 0 Å². The fourth-order valence-electron chi connectivity index (χ4n) is 0.636. The zero-order valence-corrected chi connectivity index (χ0v) is 7.22. The van der Waals surface area contributed by atoms with Crippen molar-refractivity contribution in [1.29, 1.82) is 0 Å². The van der Waals surface area contributed by atoms with Crippen LogP contribution in [-0.2, 0) is 9.84 Å². The van der Waals surface area contributed by atoms with Crippen LogP contribution >= 0.6 is 0 Å². The van der Waals surface area contributed by atoms with Crippen LogP contribution in [0.3, 0.4) is 0 Å². The van der Waals surface area contributed by atoms with Crippen molar-refractivity contribution in [2.45, 2.75) is 12.1 Å². The van der Waals surface area contributed by atoms with Gasteiger partial charge in [0.15, 0.2) is 0 Å². The van der Waals surface area contributed by atoms with Gasteiger partial charge in [0.1, 0.15) is 11.6 Å². The average Bonchev–Trinajstić information content (AvgIpc) is 2.36. The van der Waals surface area contributed by atoms with Crippen molar-refractivity contribution in [1.82, 2.24) is 15.2 Å². The van der Waals surface area contributed by atoms with Gasteiger partial charge in [0.05, 0.1) is 0 Å². The van der Waals surface area contributed by atoms with E-state index in [1.165, 1.54) is 0 Å². The number of hydrogen-bond acceptors (Lipinski definition) is 4. The molecule has 1 heterocycles. The summed E-state index contributed by atoms with van der Waals surface area (Å²) in [5.74, 6) is 2.11. The minimum Gasteiger partial charge on any atom is -0.262 e. The normalized spacial score (nSPS) is 11.0. The largest absolute Gasteiger partial charge is 0.267 e. The molecular weight excluding hydrogens is 178 g/mol. The van der Waals surface area contributed by atoms with Crippen molar-refractivity contribution >= 4 is 9.84 Å². The van der Waals surface area contributed by atoms with E-state index in [1.54, 1.807) is 6.92 Å². The molecule has 0 aromatic carbocycles. The first kappa shape index (κ1) is 8.74. The first-order valence-corrected chi connectivity index (χ1v) is 4.77. The molecule has 0 radical (unpaired) electrons. The number of aryl methyl sites for hydroxylation is 1. The van der Waals surface area contributed by atoms with E-state index in [1.807, 2.05) is 5.92 Å². The molecule has 0 amide bonds. The minimum atomic E-state index is -3.48. The van der Waals surface area contributed by atoms with Crippen molar-refractivity contribution in [3.63, 3.8) is 0 Å². The highest BCUT2D eigenvalue weighted by atomic mass is 32.2. The molecule has 1 aromatic rings. The molecule has 0 saturated heterocycles. The Morgan fingerprint density at radius 1 is 1.67 bits per heavy atom. The maximum Gasteiger partial charge on any atom is 0.267 e. The molecule has 0 aliphatic carbocycles. The number of nitrogens with zero attached hydrogens (tertiary/aromatic N) is 2. The lowest BCUT2D eigenvalue weighted by molar-refractivity contribution is 0.591. The van der Waals surface area contributed by atoms with Crippen molar-refractivity contribution in [3.05, 3.63) is 5.82 Å². The molecule has 12 heavy (non-hydrogen) atoms. The van der Waals surface area contributed by atoms with Crippen LogP contribution < -0.4 is 0 Å². The Morgan fingerprint density at radius 3 is 2.75 bits per heavy atom. The molecule has 0 aliphatic rings. The lowest BCUT2D eigenvalue weighted by atomic mass is 10.8. The Morgan fingerprint density at radius 2 is 2.33 bits per heavy atom. The number of nitrogens with one attached hydrogen (secondary N) is 1. The van der Waals surface area contributed by atoms with Crippen LogP contribution in [0.25, 0.3) is 0 Å². The van der Waals surface area contributed by atoms with Crippen LogP contribution in [0.2, 0.25) is 0 Å². The van der Waals surface area contributed by atoms with Gasteiger partial charge in [0.25, 0.3) is 5.16 Å². The van der Waals surface area contributed by atoms with E-state index in [-0.39, 0.29) is 10.9 Å². The molecule has 0 saturated carbocycles. The molecular formula is C6H7N3O2S. The number of terminal acetylenes is 1. The summed E-state index contributed by atoms with van der Waals surface area (Å²) < 4.78 is 22.3. The molecule has 0 aliphatic heterocycles. The number of hydrogen-bond donors (Lipinski definition) is 1. The number of H-pyrrole nitrogens is 1. The first-order chi connectivity index (χ1) is 5.56. The lowest BCUT2D eigenvalue weighted by Crippen LogP contribution is -2.06. The molecule has 0 unspecified atom stereocenters. The van der Waals surface area contributed by atoms with E-state index in [2.05, 4.69) is 15.2 Å². The predicted molar refractivity (Wildman–Crippen MR) is 42.0 cm³/mol. The van der Waals surface area contributed by atoms with Gasteiger partial charge in [0, 0.05) is 0 Å². The summed E-state index contributed by atoms with van der Waals surface area (Å²) >= 11 is 0. The topological polar surface area (TPSA) is 75.7 Å². The van der Waals surface area contributed by atoms with Crippen LogP contribution in [-0.4, -0.2) is 29.4 Å². The molecule has 5 nitrogen and oxygen atoms in total. The maximum absolute atomic E-state index is 11.2. The van der Waals surface area contributed by atoms with Gasteiger partial charge >= 0.3 is 0 Å². The Bertz CT molecular complexity index is 412. The average molecular weight is 185 g/mol.